The number of aliphatic carboxylic acids is 1. The van der Waals surface area contributed by atoms with Crippen molar-refractivity contribution in [1.29, 1.82) is 0 Å². The number of carboxylic acid groups (broad SMARTS) is 1. The second kappa shape index (κ2) is 5.30. The van der Waals surface area contributed by atoms with Gasteiger partial charge in [-0.05, 0) is 29.5 Å². The summed E-state index contributed by atoms with van der Waals surface area (Å²) in [6.07, 6.45) is 0.567. The van der Waals surface area contributed by atoms with Crippen molar-refractivity contribution in [3.05, 3.63) is 60.2 Å². The molecule has 0 unspecified atom stereocenters. The molecule has 2 rings (SSSR count). The van der Waals surface area contributed by atoms with Crippen LogP contribution in [-0.2, 0) is 11.2 Å². The number of hydrogen-bond donors (Lipinski definition) is 0. The van der Waals surface area contributed by atoms with Crippen molar-refractivity contribution in [2.75, 3.05) is 0 Å². The molecule has 86 valence electrons. The molecule has 0 aliphatic heterocycles. The normalized spacial score (nSPS) is 10.1. The van der Waals surface area contributed by atoms with E-state index in [0.29, 0.717) is 6.42 Å². The van der Waals surface area contributed by atoms with Gasteiger partial charge in [0.25, 0.3) is 0 Å². The molecule has 0 saturated carbocycles. The smallest absolute Gasteiger partial charge is 0.0417 e. The number of rotatable bonds is 4. The number of aryl methyl sites for hydroxylation is 1. The molecule has 0 spiro atoms. The minimum atomic E-state index is -1.01. The van der Waals surface area contributed by atoms with Crippen LogP contribution in [0.5, 0.6) is 0 Å². The predicted molar refractivity (Wildman–Crippen MR) is 65.2 cm³/mol. The molecule has 0 fully saturated rings. The van der Waals surface area contributed by atoms with Crippen LogP contribution < -0.4 is 5.11 Å². The van der Waals surface area contributed by atoms with E-state index in [0.717, 1.165) is 16.7 Å². The number of benzene rings is 2. The molecule has 0 bridgehead atoms. The Morgan fingerprint density at radius 3 is 2.29 bits per heavy atom. The maximum absolute atomic E-state index is 10.5. The third kappa shape index (κ3) is 2.94. The highest BCUT2D eigenvalue weighted by Crippen LogP contribution is 2.24. The van der Waals surface area contributed by atoms with E-state index in [1.54, 1.807) is 0 Å². The van der Waals surface area contributed by atoms with Crippen LogP contribution in [0, 0.1) is 0 Å². The lowest BCUT2D eigenvalue weighted by atomic mass is 9.97. The van der Waals surface area contributed by atoms with E-state index in [-0.39, 0.29) is 6.42 Å². The van der Waals surface area contributed by atoms with Crippen molar-refractivity contribution in [3.63, 3.8) is 0 Å². The molecule has 0 radical (unpaired) electrons. The lowest BCUT2D eigenvalue weighted by Crippen LogP contribution is -2.22. The van der Waals surface area contributed by atoms with E-state index >= 15 is 0 Å². The van der Waals surface area contributed by atoms with E-state index in [9.17, 15) is 9.90 Å². The molecule has 2 heteroatoms. The minimum Gasteiger partial charge on any atom is -0.550 e. The Bertz CT molecular complexity index is 503. The van der Waals surface area contributed by atoms with Gasteiger partial charge in [-0.2, -0.15) is 0 Å². The summed E-state index contributed by atoms with van der Waals surface area (Å²) in [5, 5.41) is 10.5. The molecular formula is C15H13O2-. The average Bonchev–Trinajstić information content (AvgIpc) is 2.38. The Balaban J connectivity index is 2.31. The molecule has 0 aromatic heterocycles. The zero-order valence-electron chi connectivity index (χ0n) is 9.43. The SMILES string of the molecule is O=C([O-])CCc1ccccc1-c1ccccc1. The quantitative estimate of drug-likeness (QED) is 0.798. The molecule has 0 aliphatic rings. The van der Waals surface area contributed by atoms with Gasteiger partial charge in [-0.15, -0.1) is 0 Å². The van der Waals surface area contributed by atoms with Crippen LogP contribution in [0.3, 0.4) is 0 Å². The molecule has 0 amide bonds. The first-order valence-corrected chi connectivity index (χ1v) is 5.60. The van der Waals surface area contributed by atoms with Crippen molar-refractivity contribution in [2.45, 2.75) is 12.8 Å². The summed E-state index contributed by atoms with van der Waals surface area (Å²) in [7, 11) is 0. The zero-order chi connectivity index (χ0) is 12.1. The van der Waals surface area contributed by atoms with Gasteiger partial charge in [-0.3, -0.25) is 0 Å². The second-order valence-corrected chi connectivity index (χ2v) is 3.90. The zero-order valence-corrected chi connectivity index (χ0v) is 9.43. The fraction of sp³-hybridized carbons (Fsp3) is 0.133. The molecule has 0 saturated heterocycles. The Morgan fingerprint density at radius 1 is 0.941 bits per heavy atom. The van der Waals surface area contributed by atoms with Crippen LogP contribution in [0.15, 0.2) is 54.6 Å². The summed E-state index contributed by atoms with van der Waals surface area (Å²) in [4.78, 5) is 10.5. The lowest BCUT2D eigenvalue weighted by molar-refractivity contribution is -0.305. The summed E-state index contributed by atoms with van der Waals surface area (Å²) in [5.41, 5.74) is 3.25. The first-order valence-electron chi connectivity index (χ1n) is 5.60. The topological polar surface area (TPSA) is 40.1 Å². The van der Waals surface area contributed by atoms with Crippen LogP contribution in [0.25, 0.3) is 11.1 Å². The molecule has 0 heterocycles. The third-order valence-electron chi connectivity index (χ3n) is 2.70. The van der Waals surface area contributed by atoms with Gasteiger partial charge in [0.15, 0.2) is 0 Å². The monoisotopic (exact) mass is 225 g/mol. The third-order valence-corrected chi connectivity index (χ3v) is 2.70. The predicted octanol–water partition coefficient (Wildman–Crippen LogP) is 2.04. The van der Waals surface area contributed by atoms with Crippen molar-refractivity contribution in [1.82, 2.24) is 0 Å². The van der Waals surface area contributed by atoms with Gasteiger partial charge in [-0.25, -0.2) is 0 Å². The fourth-order valence-electron chi connectivity index (χ4n) is 1.87. The highest BCUT2D eigenvalue weighted by Gasteiger charge is 2.03. The first-order chi connectivity index (χ1) is 8.27. The minimum absolute atomic E-state index is 0.0594. The Hall–Kier alpha value is -2.09. The van der Waals surface area contributed by atoms with E-state index in [1.165, 1.54) is 0 Å². The number of carbonyl (C=O) groups excluding carboxylic acids is 1. The van der Waals surface area contributed by atoms with E-state index < -0.39 is 5.97 Å². The molecule has 2 nitrogen and oxygen atoms in total. The van der Waals surface area contributed by atoms with Gasteiger partial charge in [0.1, 0.15) is 0 Å². The standard InChI is InChI=1S/C15H14O2/c16-15(17)11-10-13-8-4-5-9-14(13)12-6-2-1-3-7-12/h1-9H,10-11H2,(H,16,17)/p-1. The van der Waals surface area contributed by atoms with Gasteiger partial charge < -0.3 is 9.90 Å². The van der Waals surface area contributed by atoms with Gasteiger partial charge in [0.05, 0.1) is 0 Å². The molecule has 2 aromatic rings. The Morgan fingerprint density at radius 2 is 1.59 bits per heavy atom. The van der Waals surface area contributed by atoms with Crippen LogP contribution in [0.1, 0.15) is 12.0 Å². The van der Waals surface area contributed by atoms with E-state index in [2.05, 4.69) is 0 Å². The Labute approximate surface area is 101 Å². The van der Waals surface area contributed by atoms with Crippen molar-refractivity contribution in [3.8, 4) is 11.1 Å². The second-order valence-electron chi connectivity index (χ2n) is 3.90. The molecule has 0 atom stereocenters. The lowest BCUT2D eigenvalue weighted by Gasteiger charge is -2.09. The fourth-order valence-corrected chi connectivity index (χ4v) is 1.87. The largest absolute Gasteiger partial charge is 0.550 e. The van der Waals surface area contributed by atoms with Crippen LogP contribution in [-0.4, -0.2) is 5.97 Å². The molecular weight excluding hydrogens is 212 g/mol. The van der Waals surface area contributed by atoms with E-state index in [1.807, 2.05) is 54.6 Å². The van der Waals surface area contributed by atoms with Gasteiger partial charge in [-0.1, -0.05) is 54.6 Å². The van der Waals surface area contributed by atoms with Crippen LogP contribution in [0.4, 0.5) is 0 Å². The number of carbonyl (C=O) groups is 1. The summed E-state index contributed by atoms with van der Waals surface area (Å²) < 4.78 is 0. The average molecular weight is 225 g/mol. The van der Waals surface area contributed by atoms with Crippen molar-refractivity contribution >= 4 is 5.97 Å². The maximum Gasteiger partial charge on any atom is 0.0417 e. The van der Waals surface area contributed by atoms with Gasteiger partial charge >= 0.3 is 0 Å². The van der Waals surface area contributed by atoms with Crippen molar-refractivity contribution < 1.29 is 9.90 Å². The van der Waals surface area contributed by atoms with Gasteiger partial charge in [0.2, 0.25) is 0 Å². The van der Waals surface area contributed by atoms with E-state index in [4.69, 9.17) is 0 Å². The van der Waals surface area contributed by atoms with Crippen molar-refractivity contribution in [2.24, 2.45) is 0 Å². The number of hydrogen-bond acceptors (Lipinski definition) is 2. The number of carboxylic acids is 1. The summed E-state index contributed by atoms with van der Waals surface area (Å²) in [6, 6.07) is 17.8. The molecule has 0 N–H and O–H groups in total. The summed E-state index contributed by atoms with van der Waals surface area (Å²) >= 11 is 0. The van der Waals surface area contributed by atoms with Crippen LogP contribution in [0.2, 0.25) is 0 Å². The maximum atomic E-state index is 10.5. The highest BCUT2D eigenvalue weighted by atomic mass is 16.4. The summed E-state index contributed by atoms with van der Waals surface area (Å²) in [6.45, 7) is 0. The van der Waals surface area contributed by atoms with Crippen LogP contribution >= 0.6 is 0 Å². The Kier molecular flexibility index (Phi) is 3.55. The highest BCUT2D eigenvalue weighted by molar-refractivity contribution is 5.69. The molecule has 2 aromatic carbocycles. The first kappa shape index (κ1) is 11.4. The molecule has 17 heavy (non-hydrogen) atoms. The van der Waals surface area contributed by atoms with Gasteiger partial charge in [0, 0.05) is 5.97 Å². The molecule has 0 aliphatic carbocycles. The summed E-state index contributed by atoms with van der Waals surface area (Å²) in [5.74, 6) is -1.01.